The van der Waals surface area contributed by atoms with Crippen molar-refractivity contribution in [2.24, 2.45) is 0 Å². The zero-order chi connectivity index (χ0) is 8.27. The fourth-order valence-electron chi connectivity index (χ4n) is 1.17. The van der Waals surface area contributed by atoms with Gasteiger partial charge in [0.05, 0.1) is 0 Å². The Morgan fingerprint density at radius 3 is 2.91 bits per heavy atom. The highest BCUT2D eigenvalue weighted by molar-refractivity contribution is 8.14. The average molecular weight is 192 g/mol. The molecule has 11 heavy (non-hydrogen) atoms. The topological polar surface area (TPSA) is 34.1 Å². The fourth-order valence-corrected chi connectivity index (χ4v) is 3.89. The van der Waals surface area contributed by atoms with Gasteiger partial charge in [-0.1, -0.05) is 11.8 Å². The molecule has 1 saturated heterocycles. The summed E-state index contributed by atoms with van der Waals surface area (Å²) >= 11 is 1.35. The molecule has 0 saturated carbocycles. The first-order chi connectivity index (χ1) is 5.18. The Morgan fingerprint density at radius 1 is 1.64 bits per heavy atom. The second-order valence-electron chi connectivity index (χ2n) is 2.68. The molecule has 2 atom stereocenters. The van der Waals surface area contributed by atoms with E-state index in [1.54, 1.807) is 6.92 Å². The van der Waals surface area contributed by atoms with Crippen LogP contribution in [0.4, 0.5) is 0 Å². The highest BCUT2D eigenvalue weighted by Crippen LogP contribution is 2.22. The molecule has 1 heterocycles. The lowest BCUT2D eigenvalue weighted by Crippen LogP contribution is -2.23. The predicted molar refractivity (Wildman–Crippen MR) is 49.2 cm³/mol. The number of rotatable bonds is 1. The van der Waals surface area contributed by atoms with Crippen LogP contribution in [0.25, 0.3) is 0 Å². The highest BCUT2D eigenvalue weighted by Gasteiger charge is 2.19. The molecule has 0 unspecified atom stereocenters. The van der Waals surface area contributed by atoms with Crippen molar-refractivity contribution in [1.29, 1.82) is 0 Å². The van der Waals surface area contributed by atoms with Crippen molar-refractivity contribution in [2.75, 3.05) is 11.5 Å². The summed E-state index contributed by atoms with van der Waals surface area (Å²) in [5, 5.41) is 0.469. The maximum atomic E-state index is 11.0. The molecule has 0 spiro atoms. The van der Waals surface area contributed by atoms with Gasteiger partial charge in [-0.3, -0.25) is 9.00 Å². The second kappa shape index (κ2) is 4.26. The molecule has 2 nitrogen and oxygen atoms in total. The van der Waals surface area contributed by atoms with E-state index in [2.05, 4.69) is 0 Å². The molecule has 1 aliphatic rings. The van der Waals surface area contributed by atoms with Crippen LogP contribution >= 0.6 is 11.8 Å². The van der Waals surface area contributed by atoms with Crippen LogP contribution in [0.15, 0.2) is 0 Å². The van der Waals surface area contributed by atoms with Crippen LogP contribution in [0.2, 0.25) is 0 Å². The van der Waals surface area contributed by atoms with Crippen LogP contribution in [0.5, 0.6) is 0 Å². The lowest BCUT2D eigenvalue weighted by atomic mass is 10.3. The van der Waals surface area contributed by atoms with E-state index < -0.39 is 10.8 Å². The van der Waals surface area contributed by atoms with E-state index in [0.717, 1.165) is 18.6 Å². The highest BCUT2D eigenvalue weighted by atomic mass is 32.2. The van der Waals surface area contributed by atoms with Crippen molar-refractivity contribution in [3.05, 3.63) is 0 Å². The van der Waals surface area contributed by atoms with Gasteiger partial charge in [-0.05, 0) is 12.8 Å². The Labute approximate surface area is 73.6 Å². The normalized spacial score (nSPS) is 31.7. The molecule has 1 fully saturated rings. The van der Waals surface area contributed by atoms with Crippen LogP contribution in [-0.4, -0.2) is 26.1 Å². The third-order valence-electron chi connectivity index (χ3n) is 1.60. The number of thioether (sulfide) groups is 1. The van der Waals surface area contributed by atoms with Crippen LogP contribution in [-0.2, 0) is 15.6 Å². The Bertz CT molecular complexity index is 177. The number of hydrogen-bond donors (Lipinski definition) is 0. The van der Waals surface area contributed by atoms with E-state index in [1.807, 2.05) is 0 Å². The monoisotopic (exact) mass is 192 g/mol. The third-order valence-corrected chi connectivity index (χ3v) is 4.40. The van der Waals surface area contributed by atoms with Gasteiger partial charge in [-0.2, -0.15) is 0 Å². The first-order valence-corrected chi connectivity index (χ1v) is 6.07. The molecular weight excluding hydrogens is 180 g/mol. The SMILES string of the molecule is CC(=O)S[C@H]1CCC[S@@](=O)C1. The van der Waals surface area contributed by atoms with E-state index in [1.165, 1.54) is 11.8 Å². The molecule has 1 rings (SSSR count). The molecule has 64 valence electrons. The van der Waals surface area contributed by atoms with Gasteiger partial charge in [-0.25, -0.2) is 0 Å². The summed E-state index contributed by atoms with van der Waals surface area (Å²) in [6.45, 7) is 1.57. The Hall–Kier alpha value is 0.170. The number of carbonyl (C=O) groups is 1. The summed E-state index contributed by atoms with van der Waals surface area (Å²) in [7, 11) is -0.660. The van der Waals surface area contributed by atoms with E-state index in [9.17, 15) is 9.00 Å². The number of carbonyl (C=O) groups excluding carboxylic acids is 1. The molecule has 0 N–H and O–H groups in total. The van der Waals surface area contributed by atoms with Crippen LogP contribution in [0, 0.1) is 0 Å². The van der Waals surface area contributed by atoms with Crippen molar-refractivity contribution < 1.29 is 9.00 Å². The molecule has 0 aromatic carbocycles. The standard InChI is InChI=1S/C7H12O2S2/c1-6(8)10-7-3-2-4-11(9)5-7/h7H,2-5H2,1H3/t7-,11+/m0/s1. The van der Waals surface area contributed by atoms with E-state index in [0.29, 0.717) is 11.0 Å². The van der Waals surface area contributed by atoms with E-state index >= 15 is 0 Å². The number of hydrogen-bond acceptors (Lipinski definition) is 3. The lowest BCUT2D eigenvalue weighted by Gasteiger charge is -2.18. The Morgan fingerprint density at radius 2 is 2.36 bits per heavy atom. The fraction of sp³-hybridized carbons (Fsp3) is 0.857. The molecule has 0 radical (unpaired) electrons. The van der Waals surface area contributed by atoms with Gasteiger partial charge in [0, 0.05) is 34.5 Å². The first-order valence-electron chi connectivity index (χ1n) is 3.70. The van der Waals surface area contributed by atoms with Crippen LogP contribution in [0.1, 0.15) is 19.8 Å². The molecule has 0 bridgehead atoms. The maximum absolute atomic E-state index is 11.0. The minimum atomic E-state index is -0.660. The van der Waals surface area contributed by atoms with Crippen molar-refractivity contribution in [3.8, 4) is 0 Å². The van der Waals surface area contributed by atoms with Gasteiger partial charge in [0.15, 0.2) is 5.12 Å². The summed E-state index contributed by atoms with van der Waals surface area (Å²) in [4.78, 5) is 10.7. The average Bonchev–Trinajstić information content (AvgIpc) is 1.85. The van der Waals surface area contributed by atoms with Gasteiger partial charge in [-0.15, -0.1) is 0 Å². The quantitative estimate of drug-likeness (QED) is 0.625. The molecule has 1 aliphatic heterocycles. The molecule has 0 amide bonds. The predicted octanol–water partition coefficient (Wildman–Crippen LogP) is 1.18. The largest absolute Gasteiger partial charge is 0.288 e. The van der Waals surface area contributed by atoms with Gasteiger partial charge < -0.3 is 0 Å². The molecule has 0 aromatic heterocycles. The smallest absolute Gasteiger partial charge is 0.186 e. The molecular formula is C7H12O2S2. The first kappa shape index (κ1) is 9.26. The third kappa shape index (κ3) is 3.38. The molecule has 0 aromatic rings. The van der Waals surface area contributed by atoms with Crippen molar-refractivity contribution in [2.45, 2.75) is 25.0 Å². The molecule has 4 heteroatoms. The van der Waals surface area contributed by atoms with Gasteiger partial charge >= 0.3 is 0 Å². The van der Waals surface area contributed by atoms with Gasteiger partial charge in [0.2, 0.25) is 0 Å². The van der Waals surface area contributed by atoms with Gasteiger partial charge in [0.25, 0.3) is 0 Å². The van der Waals surface area contributed by atoms with Crippen molar-refractivity contribution in [3.63, 3.8) is 0 Å². The maximum Gasteiger partial charge on any atom is 0.186 e. The van der Waals surface area contributed by atoms with Crippen molar-refractivity contribution in [1.82, 2.24) is 0 Å². The molecule has 0 aliphatic carbocycles. The lowest BCUT2D eigenvalue weighted by molar-refractivity contribution is -0.109. The van der Waals surface area contributed by atoms with Gasteiger partial charge in [0.1, 0.15) is 0 Å². The Kier molecular flexibility index (Phi) is 3.59. The second-order valence-corrected chi connectivity index (χ2v) is 5.78. The van der Waals surface area contributed by atoms with Crippen LogP contribution in [0.3, 0.4) is 0 Å². The Balaban J connectivity index is 2.34. The van der Waals surface area contributed by atoms with E-state index in [4.69, 9.17) is 0 Å². The summed E-state index contributed by atoms with van der Waals surface area (Å²) < 4.78 is 11.0. The minimum absolute atomic E-state index is 0.147. The summed E-state index contributed by atoms with van der Waals surface area (Å²) in [5.41, 5.74) is 0. The summed E-state index contributed by atoms with van der Waals surface area (Å²) in [6.07, 6.45) is 2.06. The zero-order valence-electron chi connectivity index (χ0n) is 6.54. The van der Waals surface area contributed by atoms with Crippen molar-refractivity contribution >= 4 is 27.7 Å². The zero-order valence-corrected chi connectivity index (χ0v) is 8.17. The van der Waals surface area contributed by atoms with Crippen LogP contribution < -0.4 is 0 Å². The summed E-state index contributed by atoms with van der Waals surface area (Å²) in [5.74, 6) is 1.54. The minimum Gasteiger partial charge on any atom is -0.288 e. The van der Waals surface area contributed by atoms with E-state index in [-0.39, 0.29) is 5.12 Å². The summed E-state index contributed by atoms with van der Waals surface area (Å²) in [6, 6.07) is 0.